The molecule has 0 aliphatic carbocycles. The Morgan fingerprint density at radius 1 is 1.50 bits per heavy atom. The first-order chi connectivity index (χ1) is 5.41. The Labute approximate surface area is 64.4 Å². The van der Waals surface area contributed by atoms with E-state index >= 15 is 0 Å². The molecule has 4 nitrogen and oxygen atoms in total. The third kappa shape index (κ3) is 1.60. The Morgan fingerprint density at radius 2 is 2.08 bits per heavy atom. The van der Waals surface area contributed by atoms with Gasteiger partial charge in [-0.3, -0.25) is 4.79 Å². The summed E-state index contributed by atoms with van der Waals surface area (Å²) < 4.78 is 39.3. The van der Waals surface area contributed by atoms with Crippen molar-refractivity contribution in [2.75, 3.05) is 0 Å². The Kier molecular flexibility index (Phi) is 1.87. The van der Waals surface area contributed by atoms with Gasteiger partial charge in [-0.1, -0.05) is 5.16 Å². The summed E-state index contributed by atoms with van der Waals surface area (Å²) in [6.07, 6.45) is -4.67. The molecule has 1 aromatic heterocycles. The van der Waals surface area contributed by atoms with E-state index in [4.69, 9.17) is 0 Å². The number of aromatic nitrogens is 2. The van der Waals surface area contributed by atoms with Crippen LogP contribution in [0, 0.1) is 0 Å². The lowest BCUT2D eigenvalue weighted by Gasteiger charge is -1.95. The van der Waals surface area contributed by atoms with Crippen molar-refractivity contribution in [3.63, 3.8) is 0 Å². The van der Waals surface area contributed by atoms with Crippen LogP contribution in [-0.4, -0.2) is 15.9 Å². The Bertz CT molecular complexity index is 304. The van der Waals surface area contributed by atoms with Crippen molar-refractivity contribution in [1.29, 1.82) is 0 Å². The van der Waals surface area contributed by atoms with Crippen molar-refractivity contribution >= 4 is 5.78 Å². The van der Waals surface area contributed by atoms with Gasteiger partial charge < -0.3 is 4.52 Å². The van der Waals surface area contributed by atoms with Gasteiger partial charge in [0.05, 0.1) is 0 Å². The molecule has 0 saturated carbocycles. The van der Waals surface area contributed by atoms with Crippen LogP contribution >= 0.6 is 0 Å². The second-order valence-electron chi connectivity index (χ2n) is 1.98. The number of alkyl halides is 3. The van der Waals surface area contributed by atoms with E-state index < -0.39 is 23.7 Å². The molecule has 7 heteroatoms. The first-order valence-electron chi connectivity index (χ1n) is 2.83. The topological polar surface area (TPSA) is 56.0 Å². The van der Waals surface area contributed by atoms with Crippen LogP contribution in [0.15, 0.2) is 4.52 Å². The van der Waals surface area contributed by atoms with Crippen molar-refractivity contribution in [3.8, 4) is 0 Å². The van der Waals surface area contributed by atoms with Crippen LogP contribution < -0.4 is 0 Å². The molecular weight excluding hydrogens is 177 g/mol. The number of rotatable bonds is 1. The molecule has 12 heavy (non-hydrogen) atoms. The van der Waals surface area contributed by atoms with E-state index in [1.54, 1.807) is 0 Å². The van der Waals surface area contributed by atoms with Gasteiger partial charge in [-0.15, -0.1) is 0 Å². The fourth-order valence-corrected chi connectivity index (χ4v) is 0.482. The minimum absolute atomic E-state index is 0.637. The molecule has 0 saturated heterocycles. The van der Waals surface area contributed by atoms with Crippen LogP contribution in [0.4, 0.5) is 13.2 Å². The van der Waals surface area contributed by atoms with Crippen LogP contribution in [0.5, 0.6) is 0 Å². The summed E-state index contributed by atoms with van der Waals surface area (Å²) in [5.41, 5.74) is 0. The average molecular weight is 180 g/mol. The van der Waals surface area contributed by atoms with E-state index in [0.29, 0.717) is 0 Å². The van der Waals surface area contributed by atoms with Gasteiger partial charge in [0.15, 0.2) is 0 Å². The monoisotopic (exact) mass is 180 g/mol. The van der Waals surface area contributed by atoms with E-state index in [1.165, 1.54) is 0 Å². The first kappa shape index (κ1) is 8.69. The number of Topliss-reactive ketones (excluding diaryl/α,β-unsaturated/α-hetero) is 1. The van der Waals surface area contributed by atoms with E-state index in [2.05, 4.69) is 14.7 Å². The van der Waals surface area contributed by atoms with Crippen molar-refractivity contribution in [1.82, 2.24) is 10.1 Å². The fourth-order valence-electron chi connectivity index (χ4n) is 0.482. The fraction of sp³-hybridized carbons (Fsp3) is 0.400. The molecule has 0 atom stereocenters. The molecule has 66 valence electrons. The maximum atomic E-state index is 11.8. The molecule has 0 amide bonds. The molecule has 0 aliphatic rings. The molecule has 1 aromatic rings. The van der Waals surface area contributed by atoms with Crippen LogP contribution in [0.3, 0.4) is 0 Å². The summed E-state index contributed by atoms with van der Waals surface area (Å²) in [5, 5.41) is 2.58. The molecular formula is C5H3F3N2O2. The molecule has 0 radical (unpaired) electrons. The van der Waals surface area contributed by atoms with Gasteiger partial charge in [-0.2, -0.15) is 18.2 Å². The maximum absolute atomic E-state index is 11.8. The van der Waals surface area contributed by atoms with E-state index in [0.717, 1.165) is 6.92 Å². The number of halogens is 3. The SMILES string of the molecule is CC(=O)c1nc(C(F)(F)F)no1. The van der Waals surface area contributed by atoms with Gasteiger partial charge in [0.2, 0.25) is 5.78 Å². The number of hydrogen-bond acceptors (Lipinski definition) is 4. The summed E-state index contributed by atoms with van der Waals surface area (Å²) in [6, 6.07) is 0. The highest BCUT2D eigenvalue weighted by Gasteiger charge is 2.37. The number of carbonyl (C=O) groups excluding carboxylic acids is 1. The molecule has 0 aromatic carbocycles. The van der Waals surface area contributed by atoms with Crippen molar-refractivity contribution in [3.05, 3.63) is 11.7 Å². The summed E-state index contributed by atoms with van der Waals surface area (Å²) in [4.78, 5) is 13.3. The summed E-state index contributed by atoms with van der Waals surface area (Å²) >= 11 is 0. The van der Waals surface area contributed by atoms with E-state index in [1.807, 2.05) is 0 Å². The standard InChI is InChI=1S/C5H3F3N2O2/c1-2(11)3-9-4(10-12-3)5(6,7)8/h1H3. The van der Waals surface area contributed by atoms with Crippen molar-refractivity contribution in [2.45, 2.75) is 13.1 Å². The Hall–Kier alpha value is -1.40. The highest BCUT2D eigenvalue weighted by atomic mass is 19.4. The molecule has 0 bridgehead atoms. The van der Waals surface area contributed by atoms with Crippen LogP contribution in [0.2, 0.25) is 0 Å². The predicted octanol–water partition coefficient (Wildman–Crippen LogP) is 1.29. The molecule has 0 aliphatic heterocycles. The summed E-state index contributed by atoms with van der Waals surface area (Å²) in [6.45, 7) is 1.04. The Morgan fingerprint density at radius 3 is 2.33 bits per heavy atom. The third-order valence-electron chi connectivity index (χ3n) is 0.981. The number of carbonyl (C=O) groups is 1. The second-order valence-corrected chi connectivity index (χ2v) is 1.98. The molecule has 1 heterocycles. The molecule has 0 unspecified atom stereocenters. The zero-order chi connectivity index (χ0) is 9.35. The maximum Gasteiger partial charge on any atom is 0.455 e. The lowest BCUT2D eigenvalue weighted by Crippen LogP contribution is -2.07. The molecule has 0 N–H and O–H groups in total. The van der Waals surface area contributed by atoms with Gasteiger partial charge in [0, 0.05) is 6.92 Å². The second kappa shape index (κ2) is 2.58. The first-order valence-corrected chi connectivity index (χ1v) is 2.83. The summed E-state index contributed by atoms with van der Waals surface area (Å²) in [5.74, 6) is -2.77. The van der Waals surface area contributed by atoms with Gasteiger partial charge in [-0.25, -0.2) is 0 Å². The third-order valence-corrected chi connectivity index (χ3v) is 0.981. The zero-order valence-corrected chi connectivity index (χ0v) is 5.84. The summed E-state index contributed by atoms with van der Waals surface area (Å²) in [7, 11) is 0. The van der Waals surface area contributed by atoms with Gasteiger partial charge in [0.25, 0.3) is 11.7 Å². The van der Waals surface area contributed by atoms with Crippen LogP contribution in [0.25, 0.3) is 0 Å². The smallest absolute Gasteiger partial charge is 0.330 e. The van der Waals surface area contributed by atoms with Crippen LogP contribution in [-0.2, 0) is 6.18 Å². The van der Waals surface area contributed by atoms with E-state index in [-0.39, 0.29) is 0 Å². The molecule has 0 spiro atoms. The average Bonchev–Trinajstić information content (AvgIpc) is 2.30. The molecule has 1 rings (SSSR count). The van der Waals surface area contributed by atoms with E-state index in [9.17, 15) is 18.0 Å². The highest BCUT2D eigenvalue weighted by Crippen LogP contribution is 2.26. The zero-order valence-electron chi connectivity index (χ0n) is 5.84. The van der Waals surface area contributed by atoms with Gasteiger partial charge in [0.1, 0.15) is 0 Å². The lowest BCUT2D eigenvalue weighted by atomic mass is 10.4. The quantitative estimate of drug-likeness (QED) is 0.611. The van der Waals surface area contributed by atoms with Crippen molar-refractivity contribution < 1.29 is 22.5 Å². The molecule has 0 fully saturated rings. The number of ketones is 1. The predicted molar refractivity (Wildman–Crippen MR) is 29.3 cm³/mol. The van der Waals surface area contributed by atoms with Gasteiger partial charge in [-0.05, 0) is 0 Å². The normalized spacial score (nSPS) is 11.7. The minimum atomic E-state index is -4.67. The van der Waals surface area contributed by atoms with Crippen molar-refractivity contribution in [2.24, 2.45) is 0 Å². The highest BCUT2D eigenvalue weighted by molar-refractivity contribution is 5.89. The Balaban J connectivity index is 3.00. The number of nitrogens with zero attached hydrogens (tertiary/aromatic N) is 2. The largest absolute Gasteiger partial charge is 0.455 e. The number of hydrogen-bond donors (Lipinski definition) is 0. The lowest BCUT2D eigenvalue weighted by molar-refractivity contribution is -0.146. The minimum Gasteiger partial charge on any atom is -0.330 e. The van der Waals surface area contributed by atoms with Gasteiger partial charge >= 0.3 is 6.18 Å². The van der Waals surface area contributed by atoms with Crippen LogP contribution in [0.1, 0.15) is 23.4 Å².